The molecule has 0 saturated heterocycles. The number of hydrogen-bond donors (Lipinski definition) is 2. The van der Waals surface area contributed by atoms with Gasteiger partial charge in [-0.1, -0.05) is 6.92 Å². The maximum atomic E-state index is 13.4. The van der Waals surface area contributed by atoms with Crippen LogP contribution in [0.4, 0.5) is 14.5 Å². The molecule has 4 nitrogen and oxygen atoms in total. The Balaban J connectivity index is 2.64. The summed E-state index contributed by atoms with van der Waals surface area (Å²) in [6.45, 7) is 5.99. The summed E-state index contributed by atoms with van der Waals surface area (Å²) in [6, 6.07) is 2.87. The zero-order chi connectivity index (χ0) is 15.3. The second-order valence-electron chi connectivity index (χ2n) is 5.29. The fraction of sp³-hybridized carbons (Fsp3) is 0.500. The number of benzene rings is 1. The van der Waals surface area contributed by atoms with Gasteiger partial charge in [-0.25, -0.2) is 8.78 Å². The Hall–Kier alpha value is -1.53. The number of hydrogen-bond acceptors (Lipinski definition) is 3. The van der Waals surface area contributed by atoms with E-state index in [0.717, 1.165) is 18.2 Å². The topological polar surface area (TPSA) is 52.6 Å². The standard InChI is InChI=1S/C14H20F2N2O2/c1-4-18(9-14(2,3)20)8-13(19)17-12-7-10(15)5-6-11(12)16/h5-7,20H,4,8-9H2,1-3H3,(H,17,19). The first-order chi connectivity index (χ1) is 9.21. The van der Waals surface area contributed by atoms with Gasteiger partial charge in [0.2, 0.25) is 5.91 Å². The number of halogens is 2. The molecule has 0 spiro atoms. The number of carbonyl (C=O) groups is 1. The number of anilines is 1. The van der Waals surface area contributed by atoms with Crippen LogP contribution in [-0.2, 0) is 4.79 Å². The minimum absolute atomic E-state index is 0.00353. The Morgan fingerprint density at radius 2 is 2.05 bits per heavy atom. The molecule has 1 aromatic rings. The summed E-state index contributed by atoms with van der Waals surface area (Å²) in [5.41, 5.74) is -1.12. The zero-order valence-corrected chi connectivity index (χ0v) is 11.9. The lowest BCUT2D eigenvalue weighted by Crippen LogP contribution is -2.42. The third kappa shape index (κ3) is 5.63. The number of nitrogens with zero attached hydrogens (tertiary/aromatic N) is 1. The summed E-state index contributed by atoms with van der Waals surface area (Å²) in [5, 5.41) is 12.0. The van der Waals surface area contributed by atoms with Gasteiger partial charge in [0.15, 0.2) is 0 Å². The van der Waals surface area contributed by atoms with Gasteiger partial charge in [-0.2, -0.15) is 0 Å². The minimum atomic E-state index is -0.930. The molecule has 0 aliphatic rings. The molecule has 20 heavy (non-hydrogen) atoms. The number of nitrogens with one attached hydrogen (secondary N) is 1. The molecule has 1 amide bonds. The van der Waals surface area contributed by atoms with Crippen LogP contribution in [-0.4, -0.2) is 41.1 Å². The Morgan fingerprint density at radius 3 is 2.60 bits per heavy atom. The SMILES string of the molecule is CCN(CC(=O)Nc1cc(F)ccc1F)CC(C)(C)O. The molecule has 0 aromatic heterocycles. The normalized spacial score (nSPS) is 11.8. The van der Waals surface area contributed by atoms with E-state index in [1.54, 1.807) is 18.7 Å². The highest BCUT2D eigenvalue weighted by Gasteiger charge is 2.19. The van der Waals surface area contributed by atoms with Crippen LogP contribution in [0.15, 0.2) is 18.2 Å². The van der Waals surface area contributed by atoms with Crippen LogP contribution < -0.4 is 5.32 Å². The van der Waals surface area contributed by atoms with Crippen LogP contribution in [0.3, 0.4) is 0 Å². The van der Waals surface area contributed by atoms with Crippen molar-refractivity contribution in [3.05, 3.63) is 29.8 Å². The van der Waals surface area contributed by atoms with Gasteiger partial charge < -0.3 is 10.4 Å². The highest BCUT2D eigenvalue weighted by molar-refractivity contribution is 5.92. The second kappa shape index (κ2) is 6.76. The van der Waals surface area contributed by atoms with Crippen molar-refractivity contribution in [2.75, 3.05) is 25.0 Å². The molecule has 0 atom stereocenters. The van der Waals surface area contributed by atoms with Crippen LogP contribution >= 0.6 is 0 Å². The minimum Gasteiger partial charge on any atom is -0.389 e. The lowest BCUT2D eigenvalue weighted by molar-refractivity contribution is -0.117. The van der Waals surface area contributed by atoms with E-state index in [0.29, 0.717) is 13.1 Å². The van der Waals surface area contributed by atoms with Gasteiger partial charge in [0.05, 0.1) is 17.8 Å². The monoisotopic (exact) mass is 286 g/mol. The van der Waals surface area contributed by atoms with Gasteiger partial charge in [0.25, 0.3) is 0 Å². The zero-order valence-electron chi connectivity index (χ0n) is 11.9. The van der Waals surface area contributed by atoms with E-state index in [9.17, 15) is 18.7 Å². The predicted octanol–water partition coefficient (Wildman–Crippen LogP) is 2.00. The van der Waals surface area contributed by atoms with E-state index < -0.39 is 23.1 Å². The maximum absolute atomic E-state index is 13.4. The van der Waals surface area contributed by atoms with Crippen molar-refractivity contribution in [1.29, 1.82) is 0 Å². The molecule has 0 aliphatic carbocycles. The van der Waals surface area contributed by atoms with E-state index >= 15 is 0 Å². The van der Waals surface area contributed by atoms with Gasteiger partial charge in [0.1, 0.15) is 11.6 Å². The first-order valence-corrected chi connectivity index (χ1v) is 6.41. The van der Waals surface area contributed by atoms with Crippen molar-refractivity contribution in [3.8, 4) is 0 Å². The molecule has 0 radical (unpaired) electrons. The van der Waals surface area contributed by atoms with Gasteiger partial charge in [-0.3, -0.25) is 9.69 Å². The summed E-state index contributed by atoms with van der Waals surface area (Å²) in [6.07, 6.45) is 0. The van der Waals surface area contributed by atoms with E-state index in [-0.39, 0.29) is 12.2 Å². The van der Waals surface area contributed by atoms with Gasteiger partial charge in [0, 0.05) is 12.6 Å². The van der Waals surface area contributed by atoms with Crippen LogP contribution in [0, 0.1) is 11.6 Å². The fourth-order valence-electron chi connectivity index (χ4n) is 1.81. The van der Waals surface area contributed by atoms with E-state index in [1.807, 2.05) is 6.92 Å². The molecular formula is C14H20F2N2O2. The largest absolute Gasteiger partial charge is 0.389 e. The molecule has 6 heteroatoms. The van der Waals surface area contributed by atoms with Gasteiger partial charge >= 0.3 is 0 Å². The van der Waals surface area contributed by atoms with Gasteiger partial charge in [-0.15, -0.1) is 0 Å². The fourth-order valence-corrected chi connectivity index (χ4v) is 1.81. The number of likely N-dealkylation sites (N-methyl/N-ethyl adjacent to an activating group) is 1. The first-order valence-electron chi connectivity index (χ1n) is 6.41. The molecular weight excluding hydrogens is 266 g/mol. The molecule has 112 valence electrons. The Morgan fingerprint density at radius 1 is 1.40 bits per heavy atom. The van der Waals surface area contributed by atoms with E-state index in [2.05, 4.69) is 5.32 Å². The lowest BCUT2D eigenvalue weighted by atomic mass is 10.1. The Labute approximate surface area is 117 Å². The van der Waals surface area contributed by atoms with Crippen molar-refractivity contribution in [3.63, 3.8) is 0 Å². The predicted molar refractivity (Wildman–Crippen MR) is 73.4 cm³/mol. The number of rotatable bonds is 6. The molecule has 0 aliphatic heterocycles. The van der Waals surface area contributed by atoms with Crippen LogP contribution in [0.1, 0.15) is 20.8 Å². The van der Waals surface area contributed by atoms with Crippen molar-refractivity contribution < 1.29 is 18.7 Å². The summed E-state index contributed by atoms with van der Waals surface area (Å²) >= 11 is 0. The number of aliphatic hydroxyl groups is 1. The summed E-state index contributed by atoms with van der Waals surface area (Å²) in [4.78, 5) is 13.5. The summed E-state index contributed by atoms with van der Waals surface area (Å²) in [5.74, 6) is -1.77. The molecule has 0 fully saturated rings. The quantitative estimate of drug-likeness (QED) is 0.841. The maximum Gasteiger partial charge on any atom is 0.238 e. The average Bonchev–Trinajstić information content (AvgIpc) is 2.31. The van der Waals surface area contributed by atoms with Crippen molar-refractivity contribution in [2.24, 2.45) is 0 Å². The number of amides is 1. The second-order valence-corrected chi connectivity index (χ2v) is 5.29. The lowest BCUT2D eigenvalue weighted by Gasteiger charge is -2.27. The van der Waals surface area contributed by atoms with E-state index in [4.69, 9.17) is 0 Å². The third-order valence-electron chi connectivity index (χ3n) is 2.63. The summed E-state index contributed by atoms with van der Waals surface area (Å²) < 4.78 is 26.4. The molecule has 2 N–H and O–H groups in total. The van der Waals surface area contributed by atoms with E-state index in [1.165, 1.54) is 0 Å². The van der Waals surface area contributed by atoms with Crippen molar-refractivity contribution in [1.82, 2.24) is 4.90 Å². The average molecular weight is 286 g/mol. The first kappa shape index (κ1) is 16.5. The molecule has 1 rings (SSSR count). The van der Waals surface area contributed by atoms with Crippen LogP contribution in [0.2, 0.25) is 0 Å². The van der Waals surface area contributed by atoms with Gasteiger partial charge in [-0.05, 0) is 32.5 Å². The third-order valence-corrected chi connectivity index (χ3v) is 2.63. The van der Waals surface area contributed by atoms with Crippen molar-refractivity contribution >= 4 is 11.6 Å². The summed E-state index contributed by atoms with van der Waals surface area (Å²) in [7, 11) is 0. The molecule has 0 saturated carbocycles. The molecule has 0 bridgehead atoms. The van der Waals surface area contributed by atoms with Crippen molar-refractivity contribution in [2.45, 2.75) is 26.4 Å². The highest BCUT2D eigenvalue weighted by atomic mass is 19.1. The number of carbonyl (C=O) groups excluding carboxylic acids is 1. The highest BCUT2D eigenvalue weighted by Crippen LogP contribution is 2.15. The van der Waals surface area contributed by atoms with Crippen LogP contribution in [0.25, 0.3) is 0 Å². The molecule has 0 heterocycles. The smallest absolute Gasteiger partial charge is 0.238 e. The Kier molecular flexibility index (Phi) is 5.59. The molecule has 1 aromatic carbocycles. The van der Waals surface area contributed by atoms with Crippen LogP contribution in [0.5, 0.6) is 0 Å². The molecule has 0 unspecified atom stereocenters. The Bertz CT molecular complexity index is 473.